The van der Waals surface area contributed by atoms with Crippen LogP contribution in [0.25, 0.3) is 0 Å². The molecule has 0 saturated carbocycles. The molecule has 8 nitrogen and oxygen atoms in total. The molecule has 0 aromatic rings. The van der Waals surface area contributed by atoms with Crippen LogP contribution in [0.15, 0.2) is 48.6 Å². The molecular weight excluding hydrogens is 493 g/mol. The van der Waals surface area contributed by atoms with Gasteiger partial charge in [0.25, 0.3) is 0 Å². The molecule has 0 saturated heterocycles. The lowest BCUT2D eigenvalue weighted by atomic mass is 10.2. The van der Waals surface area contributed by atoms with E-state index < -0.39 is 26.5 Å². The summed E-state index contributed by atoms with van der Waals surface area (Å²) in [6.45, 7) is 2.02. The number of aliphatic hydroxyl groups is 1. The minimum absolute atomic E-state index is 0.0435. The van der Waals surface area contributed by atoms with Crippen molar-refractivity contribution in [3.05, 3.63) is 48.6 Å². The molecule has 0 aliphatic carbocycles. The topological polar surface area (TPSA) is 102 Å². The molecule has 0 aliphatic rings. The number of unbranched alkanes of at least 4 members (excludes halogenated alkanes) is 4. The van der Waals surface area contributed by atoms with Gasteiger partial charge in [-0.25, -0.2) is 4.57 Å². The number of phosphoric ester groups is 1. The van der Waals surface area contributed by atoms with E-state index in [-0.39, 0.29) is 19.6 Å². The van der Waals surface area contributed by atoms with Gasteiger partial charge in [-0.2, -0.15) is 0 Å². The van der Waals surface area contributed by atoms with Crippen molar-refractivity contribution >= 4 is 13.8 Å². The fourth-order valence-electron chi connectivity index (χ4n) is 2.88. The van der Waals surface area contributed by atoms with Crippen molar-refractivity contribution in [2.24, 2.45) is 0 Å². The lowest BCUT2D eigenvalue weighted by Crippen LogP contribution is -2.37. The highest BCUT2D eigenvalue weighted by atomic mass is 31.2. The van der Waals surface area contributed by atoms with Gasteiger partial charge >= 0.3 is 13.8 Å². The number of hydrogen-bond donors (Lipinski definition) is 2. The van der Waals surface area contributed by atoms with E-state index in [2.05, 4.69) is 49.5 Å². The second-order valence-electron chi connectivity index (χ2n) is 9.93. The first-order chi connectivity index (χ1) is 17.6. The van der Waals surface area contributed by atoms with Crippen LogP contribution in [0.3, 0.4) is 0 Å². The van der Waals surface area contributed by atoms with E-state index in [1.165, 1.54) is 25.7 Å². The zero-order valence-corrected chi connectivity index (χ0v) is 24.3. The summed E-state index contributed by atoms with van der Waals surface area (Å²) in [5, 5.41) is 9.82. The van der Waals surface area contributed by atoms with Gasteiger partial charge in [-0.3, -0.25) is 13.8 Å². The summed E-state index contributed by atoms with van der Waals surface area (Å²) < 4.78 is 27.0. The lowest BCUT2D eigenvalue weighted by molar-refractivity contribution is -0.870. The third kappa shape index (κ3) is 27.3. The third-order valence-electron chi connectivity index (χ3n) is 5.09. The Morgan fingerprint density at radius 1 is 0.838 bits per heavy atom. The normalized spacial score (nSPS) is 15.3. The maximum Gasteiger partial charge on any atom is 0.472 e. The summed E-state index contributed by atoms with van der Waals surface area (Å²) >= 11 is 0. The first-order valence-electron chi connectivity index (χ1n) is 13.4. The van der Waals surface area contributed by atoms with Crippen molar-refractivity contribution in [1.82, 2.24) is 0 Å². The molecule has 0 aromatic carbocycles. The molecule has 0 spiro atoms. The van der Waals surface area contributed by atoms with Crippen LogP contribution in [-0.2, 0) is 23.1 Å². The Hall–Kier alpha value is -1.54. The van der Waals surface area contributed by atoms with Gasteiger partial charge in [0, 0.05) is 6.42 Å². The van der Waals surface area contributed by atoms with Gasteiger partial charge in [-0.05, 0) is 44.9 Å². The largest absolute Gasteiger partial charge is 0.472 e. The van der Waals surface area contributed by atoms with Crippen molar-refractivity contribution in [2.75, 3.05) is 47.5 Å². The third-order valence-corrected chi connectivity index (χ3v) is 6.08. The van der Waals surface area contributed by atoms with Gasteiger partial charge in [0.15, 0.2) is 0 Å². The molecule has 0 aliphatic heterocycles. The van der Waals surface area contributed by atoms with Gasteiger partial charge in [-0.1, -0.05) is 68.4 Å². The zero-order valence-electron chi connectivity index (χ0n) is 23.4. The van der Waals surface area contributed by atoms with Gasteiger partial charge in [0.05, 0.1) is 27.7 Å². The molecule has 1 unspecified atom stereocenters. The Morgan fingerprint density at radius 2 is 1.38 bits per heavy atom. The molecule has 0 bridgehead atoms. The number of phosphoric acid groups is 1. The molecule has 0 radical (unpaired) electrons. The number of allylic oxidation sites excluding steroid dienone is 8. The number of rotatable bonds is 23. The van der Waals surface area contributed by atoms with E-state index in [4.69, 9.17) is 13.8 Å². The fourth-order valence-corrected chi connectivity index (χ4v) is 3.63. The van der Waals surface area contributed by atoms with Crippen molar-refractivity contribution in [1.29, 1.82) is 0 Å². The molecular formula is C28H51NO7P+. The number of quaternary nitrogens is 1. The first-order valence-corrected chi connectivity index (χ1v) is 14.9. The van der Waals surface area contributed by atoms with E-state index >= 15 is 0 Å². The number of carbonyl (C=O) groups excluding carboxylic acids is 1. The SMILES string of the molecule is CCCCC/C=C/C/C=C/C/C=C/C/C=C/CCCC(=O)OC[C@@H](O)COP(=O)(O)OCC[N+](C)(C)C. The van der Waals surface area contributed by atoms with Gasteiger partial charge < -0.3 is 19.2 Å². The van der Waals surface area contributed by atoms with Crippen LogP contribution in [0, 0.1) is 0 Å². The van der Waals surface area contributed by atoms with Gasteiger partial charge in [-0.15, -0.1) is 0 Å². The summed E-state index contributed by atoms with van der Waals surface area (Å²) in [6, 6.07) is 0. The smallest absolute Gasteiger partial charge is 0.463 e. The van der Waals surface area contributed by atoms with Crippen LogP contribution in [-0.4, -0.2) is 74.1 Å². The number of esters is 1. The lowest BCUT2D eigenvalue weighted by Gasteiger charge is -2.24. The van der Waals surface area contributed by atoms with Crippen LogP contribution < -0.4 is 0 Å². The van der Waals surface area contributed by atoms with Gasteiger partial charge in [0.1, 0.15) is 25.9 Å². The molecule has 2 atom stereocenters. The number of carbonyl (C=O) groups is 1. The molecule has 2 N–H and O–H groups in total. The van der Waals surface area contributed by atoms with Crippen molar-refractivity contribution in [3.63, 3.8) is 0 Å². The molecule has 214 valence electrons. The fraction of sp³-hybridized carbons (Fsp3) is 0.679. The number of aliphatic hydroxyl groups excluding tert-OH is 1. The second kappa shape index (κ2) is 22.4. The summed E-state index contributed by atoms with van der Waals surface area (Å²) in [5.74, 6) is -0.429. The summed E-state index contributed by atoms with van der Waals surface area (Å²) in [6.07, 6.45) is 25.5. The summed E-state index contributed by atoms with van der Waals surface area (Å²) in [7, 11) is 1.52. The molecule has 0 amide bonds. The van der Waals surface area contributed by atoms with E-state index in [0.717, 1.165) is 25.7 Å². The highest BCUT2D eigenvalue weighted by Crippen LogP contribution is 2.43. The molecule has 37 heavy (non-hydrogen) atoms. The van der Waals surface area contributed by atoms with Crippen molar-refractivity contribution in [3.8, 4) is 0 Å². The Kier molecular flexibility index (Phi) is 21.5. The van der Waals surface area contributed by atoms with Crippen molar-refractivity contribution in [2.45, 2.75) is 77.2 Å². The molecule has 0 rings (SSSR count). The number of likely N-dealkylation sites (N-methyl/N-ethyl adjacent to an activating group) is 1. The minimum Gasteiger partial charge on any atom is -0.463 e. The van der Waals surface area contributed by atoms with Crippen molar-refractivity contribution < 1.29 is 37.6 Å². The number of ether oxygens (including phenoxy) is 1. The van der Waals surface area contributed by atoms with E-state index in [0.29, 0.717) is 17.4 Å². The van der Waals surface area contributed by atoms with Crippen LogP contribution in [0.1, 0.15) is 71.1 Å². The highest BCUT2D eigenvalue weighted by Gasteiger charge is 2.24. The second-order valence-corrected chi connectivity index (χ2v) is 11.4. The number of nitrogens with zero attached hydrogens (tertiary/aromatic N) is 1. The Morgan fingerprint density at radius 3 is 1.92 bits per heavy atom. The average molecular weight is 545 g/mol. The molecule has 9 heteroatoms. The number of hydrogen-bond acceptors (Lipinski definition) is 6. The minimum atomic E-state index is -4.26. The quantitative estimate of drug-likeness (QED) is 0.0545. The maximum absolute atomic E-state index is 11.8. The van der Waals surface area contributed by atoms with Crippen LogP contribution in [0.4, 0.5) is 0 Å². The Bertz CT molecular complexity index is 741. The monoisotopic (exact) mass is 544 g/mol. The van der Waals surface area contributed by atoms with Gasteiger partial charge in [0.2, 0.25) is 0 Å². The highest BCUT2D eigenvalue weighted by molar-refractivity contribution is 7.47. The summed E-state index contributed by atoms with van der Waals surface area (Å²) in [5.41, 5.74) is 0. The Balaban J connectivity index is 3.76. The predicted octanol–water partition coefficient (Wildman–Crippen LogP) is 5.88. The van der Waals surface area contributed by atoms with Crippen LogP contribution in [0.5, 0.6) is 0 Å². The first kappa shape index (κ1) is 35.5. The molecule has 0 aromatic heterocycles. The Labute approximate surface area is 224 Å². The zero-order chi connectivity index (χ0) is 27.8. The predicted molar refractivity (Wildman–Crippen MR) is 150 cm³/mol. The van der Waals surface area contributed by atoms with Crippen LogP contribution in [0.2, 0.25) is 0 Å². The van der Waals surface area contributed by atoms with E-state index in [1.807, 2.05) is 27.2 Å². The van der Waals surface area contributed by atoms with Crippen LogP contribution >= 0.6 is 7.82 Å². The van der Waals surface area contributed by atoms with E-state index in [1.54, 1.807) is 0 Å². The van der Waals surface area contributed by atoms with E-state index in [9.17, 15) is 19.4 Å². The average Bonchev–Trinajstić information content (AvgIpc) is 2.82. The maximum atomic E-state index is 11.8. The summed E-state index contributed by atoms with van der Waals surface area (Å²) in [4.78, 5) is 21.4. The standard InChI is InChI=1S/C28H50NO7P/c1-5-6-7-8-9-10-11-12-13-14-15-16-17-18-19-20-21-22-28(31)34-25-27(30)26-36-37(32,33)35-24-23-29(2,3)4/h9-10,12-13,15-16,18-19,27,30H,5-8,11,14,17,20-26H2,1-4H3/p+1/b10-9+,13-12+,16-15+,19-18+/t27-/m1/s1. The molecule has 0 heterocycles. The molecule has 0 fully saturated rings.